The molecule has 1 aromatic carbocycles. The third-order valence-corrected chi connectivity index (χ3v) is 6.69. The number of benzene rings is 1. The van der Waals surface area contributed by atoms with Crippen molar-refractivity contribution in [1.29, 1.82) is 0 Å². The van der Waals surface area contributed by atoms with Gasteiger partial charge in [-0.05, 0) is 55.5 Å². The lowest BCUT2D eigenvalue weighted by Crippen LogP contribution is -2.33. The maximum Gasteiger partial charge on any atom is 0.153 e. The van der Waals surface area contributed by atoms with Gasteiger partial charge in [-0.2, -0.15) is 10.5 Å². The van der Waals surface area contributed by atoms with E-state index < -0.39 is 5.82 Å². The van der Waals surface area contributed by atoms with Gasteiger partial charge < -0.3 is 14.6 Å². The topological polar surface area (TPSA) is 51.6 Å². The number of hydrogen-bond donors (Lipinski definition) is 1. The lowest BCUT2D eigenvalue weighted by atomic mass is 9.91. The Kier molecular flexibility index (Phi) is 6.85. The van der Waals surface area contributed by atoms with Crippen molar-refractivity contribution in [3.8, 4) is 22.8 Å². The van der Waals surface area contributed by atoms with Crippen LogP contribution in [0.5, 0.6) is 11.5 Å². The zero-order valence-electron chi connectivity index (χ0n) is 15.7. The Bertz CT molecular complexity index is 795. The second kappa shape index (κ2) is 9.33. The average Bonchev–Trinajstić information content (AvgIpc) is 2.68. The predicted octanol–water partition coefficient (Wildman–Crippen LogP) is 4.35. The molecule has 4 nitrogen and oxygen atoms in total. The van der Waals surface area contributed by atoms with Crippen LogP contribution in [0.15, 0.2) is 36.5 Å². The molecule has 0 bridgehead atoms. The summed E-state index contributed by atoms with van der Waals surface area (Å²) in [5.74, 6) is 2.23. The second-order valence-corrected chi connectivity index (χ2v) is 9.02. The summed E-state index contributed by atoms with van der Waals surface area (Å²) < 4.78 is 25.6. The number of nitrogens with zero attached hydrogens (tertiary/aromatic N) is 1. The minimum absolute atomic E-state index is 0.184. The van der Waals surface area contributed by atoms with Crippen molar-refractivity contribution < 1.29 is 19.0 Å². The van der Waals surface area contributed by atoms with Crippen LogP contribution in [-0.2, 0) is 4.74 Å². The minimum Gasteiger partial charge on any atom is -0.506 e. The number of pyridine rings is 1. The highest BCUT2D eigenvalue weighted by molar-refractivity contribution is 8.14. The lowest BCUT2D eigenvalue weighted by Gasteiger charge is -2.31. The van der Waals surface area contributed by atoms with Crippen LogP contribution in [-0.4, -0.2) is 47.3 Å². The summed E-state index contributed by atoms with van der Waals surface area (Å²) in [6, 6.07) is 8.27. The van der Waals surface area contributed by atoms with Crippen LogP contribution in [0.2, 0.25) is 0 Å². The first kappa shape index (κ1) is 19.8. The summed E-state index contributed by atoms with van der Waals surface area (Å²) in [6.45, 7) is 4.33. The van der Waals surface area contributed by atoms with Crippen molar-refractivity contribution in [1.82, 2.24) is 4.98 Å². The summed E-state index contributed by atoms with van der Waals surface area (Å²) in [5.41, 5.74) is 0.859. The van der Waals surface area contributed by atoms with Crippen LogP contribution < -0.4 is 4.74 Å². The van der Waals surface area contributed by atoms with Gasteiger partial charge in [0, 0.05) is 24.2 Å². The zero-order chi connectivity index (χ0) is 19.2. The Morgan fingerprint density at radius 3 is 2.81 bits per heavy atom. The van der Waals surface area contributed by atoms with Gasteiger partial charge in [0.05, 0.1) is 19.4 Å². The van der Waals surface area contributed by atoms with Gasteiger partial charge in [-0.3, -0.25) is 0 Å². The van der Waals surface area contributed by atoms with Crippen LogP contribution >= 0.6 is 10.5 Å². The first-order valence-electron chi connectivity index (χ1n) is 9.13. The third-order valence-electron chi connectivity index (χ3n) is 4.93. The van der Waals surface area contributed by atoms with Crippen LogP contribution in [0.4, 0.5) is 4.39 Å². The molecule has 3 unspecified atom stereocenters. The molecule has 146 valence electrons. The van der Waals surface area contributed by atoms with Crippen molar-refractivity contribution in [2.45, 2.75) is 13.3 Å². The van der Waals surface area contributed by atoms with Crippen LogP contribution in [0.1, 0.15) is 13.3 Å². The minimum atomic E-state index is -0.548. The Morgan fingerprint density at radius 2 is 2.11 bits per heavy atom. The van der Waals surface area contributed by atoms with Gasteiger partial charge in [0.15, 0.2) is 5.82 Å². The van der Waals surface area contributed by atoms with Crippen LogP contribution in [0.3, 0.4) is 0 Å². The molecule has 1 fully saturated rings. The second-order valence-electron chi connectivity index (χ2n) is 6.84. The monoisotopic (exact) mass is 391 g/mol. The highest BCUT2D eigenvalue weighted by Gasteiger charge is 2.26. The summed E-state index contributed by atoms with van der Waals surface area (Å²) in [6.07, 6.45) is 4.61. The molecule has 27 heavy (non-hydrogen) atoms. The summed E-state index contributed by atoms with van der Waals surface area (Å²) in [4.78, 5) is 3.96. The van der Waals surface area contributed by atoms with Gasteiger partial charge in [-0.25, -0.2) is 9.37 Å². The number of aromatic nitrogens is 1. The molecule has 2 aromatic rings. The Hall–Kier alpha value is -1.92. The van der Waals surface area contributed by atoms with E-state index in [1.54, 1.807) is 12.1 Å². The normalized spacial score (nSPS) is 21.1. The lowest BCUT2D eigenvalue weighted by molar-refractivity contribution is 0.00493. The maximum atomic E-state index is 13.9. The molecule has 0 spiro atoms. The Labute approximate surface area is 162 Å². The molecule has 3 rings (SSSR count). The molecule has 1 saturated heterocycles. The Morgan fingerprint density at radius 1 is 1.33 bits per heavy atom. The SMILES string of the molecule is C/C=S(\C)CC1CCOCC1COc1ccc(-c2ncc(O)cc2F)cc1. The molecule has 6 heteroatoms. The number of halogens is 1. The first-order chi connectivity index (χ1) is 13.1. The molecule has 2 heterocycles. The average molecular weight is 392 g/mol. The standard InChI is InChI=1S/C21H26FNO3S/c1-3-27(2)14-16-8-9-25-12-17(16)13-26-19-6-4-15(5-7-19)21-20(22)10-18(24)11-23-21/h3-7,10-11,16-17,24H,8-9,12-14H2,1-2H3. The van der Waals surface area contributed by atoms with Gasteiger partial charge in [0.25, 0.3) is 0 Å². The third kappa shape index (κ3) is 5.30. The molecule has 0 saturated carbocycles. The molecule has 1 N–H and O–H groups in total. The fourth-order valence-electron chi connectivity index (χ4n) is 3.23. The fraction of sp³-hybridized carbons (Fsp3) is 0.429. The van der Waals surface area contributed by atoms with E-state index >= 15 is 0 Å². The number of aromatic hydroxyl groups is 1. The van der Waals surface area contributed by atoms with E-state index in [2.05, 4.69) is 23.5 Å². The van der Waals surface area contributed by atoms with Crippen molar-refractivity contribution in [2.75, 3.05) is 31.8 Å². The fourth-order valence-corrected chi connectivity index (χ4v) is 4.54. The molecular formula is C21H26FNO3S. The van der Waals surface area contributed by atoms with Gasteiger partial charge in [0.2, 0.25) is 0 Å². The van der Waals surface area contributed by atoms with Gasteiger partial charge in [0.1, 0.15) is 17.2 Å². The van der Waals surface area contributed by atoms with E-state index in [9.17, 15) is 9.50 Å². The first-order valence-corrected chi connectivity index (χ1v) is 11.0. The van der Waals surface area contributed by atoms with Crippen LogP contribution in [0, 0.1) is 17.7 Å². The molecule has 1 aliphatic rings. The molecule has 1 aliphatic heterocycles. The number of hydrogen-bond acceptors (Lipinski definition) is 4. The maximum absolute atomic E-state index is 13.9. The van der Waals surface area contributed by atoms with E-state index in [1.807, 2.05) is 12.1 Å². The van der Waals surface area contributed by atoms with Crippen molar-refractivity contribution in [2.24, 2.45) is 11.8 Å². The van der Waals surface area contributed by atoms with Crippen LogP contribution in [0.25, 0.3) is 11.3 Å². The van der Waals surface area contributed by atoms with Crippen molar-refractivity contribution in [3.63, 3.8) is 0 Å². The number of ether oxygens (including phenoxy) is 2. The molecule has 1 aromatic heterocycles. The highest BCUT2D eigenvalue weighted by atomic mass is 32.2. The van der Waals surface area contributed by atoms with Gasteiger partial charge in [-0.15, -0.1) is 0 Å². The molecular weight excluding hydrogens is 365 g/mol. The highest BCUT2D eigenvalue weighted by Crippen LogP contribution is 2.29. The van der Waals surface area contributed by atoms with Crippen molar-refractivity contribution in [3.05, 3.63) is 42.3 Å². The summed E-state index contributed by atoms with van der Waals surface area (Å²) in [7, 11) is 0.332. The quantitative estimate of drug-likeness (QED) is 0.744. The Balaban J connectivity index is 1.62. The van der Waals surface area contributed by atoms with E-state index in [-0.39, 0.29) is 11.4 Å². The molecule has 0 radical (unpaired) electrons. The molecule has 0 amide bonds. The van der Waals surface area contributed by atoms with Crippen molar-refractivity contribution >= 4 is 15.9 Å². The van der Waals surface area contributed by atoms with E-state index in [4.69, 9.17) is 9.47 Å². The van der Waals surface area contributed by atoms with Gasteiger partial charge in [-0.1, -0.05) is 5.37 Å². The molecule has 0 aliphatic carbocycles. The van der Waals surface area contributed by atoms with E-state index in [0.717, 1.165) is 31.5 Å². The predicted molar refractivity (Wildman–Crippen MR) is 109 cm³/mol. The van der Waals surface area contributed by atoms with Gasteiger partial charge >= 0.3 is 0 Å². The van der Waals surface area contributed by atoms with E-state index in [1.165, 1.54) is 11.9 Å². The van der Waals surface area contributed by atoms with E-state index in [0.29, 0.717) is 34.5 Å². The largest absolute Gasteiger partial charge is 0.506 e. The smallest absolute Gasteiger partial charge is 0.153 e. The summed E-state index contributed by atoms with van der Waals surface area (Å²) >= 11 is 0. The molecule has 3 atom stereocenters. The zero-order valence-corrected chi connectivity index (χ0v) is 16.5. The number of rotatable bonds is 6. The summed E-state index contributed by atoms with van der Waals surface area (Å²) in [5, 5.41) is 11.6.